The SMILES string of the molecule is c1cc(CN(Cc2ccoc2)N2CCCCC2)co1. The number of furan rings is 2. The van der Waals surface area contributed by atoms with E-state index >= 15 is 0 Å². The summed E-state index contributed by atoms with van der Waals surface area (Å²) in [5, 5.41) is 4.86. The van der Waals surface area contributed by atoms with Crippen molar-refractivity contribution in [2.45, 2.75) is 32.4 Å². The first kappa shape index (κ1) is 12.5. The van der Waals surface area contributed by atoms with E-state index in [2.05, 4.69) is 10.0 Å². The van der Waals surface area contributed by atoms with Gasteiger partial charge in [-0.1, -0.05) is 6.42 Å². The summed E-state index contributed by atoms with van der Waals surface area (Å²) in [7, 11) is 0. The van der Waals surface area contributed by atoms with Gasteiger partial charge in [0, 0.05) is 37.3 Å². The van der Waals surface area contributed by atoms with Crippen molar-refractivity contribution in [1.29, 1.82) is 0 Å². The van der Waals surface area contributed by atoms with Gasteiger partial charge in [-0.05, 0) is 25.0 Å². The maximum Gasteiger partial charge on any atom is 0.0948 e. The summed E-state index contributed by atoms with van der Waals surface area (Å²) < 4.78 is 10.3. The highest BCUT2D eigenvalue weighted by atomic mass is 16.3. The Morgan fingerprint density at radius 1 is 0.895 bits per heavy atom. The highest BCUT2D eigenvalue weighted by molar-refractivity contribution is 5.08. The molecule has 0 bridgehead atoms. The van der Waals surface area contributed by atoms with Crippen molar-refractivity contribution in [3.8, 4) is 0 Å². The Hall–Kier alpha value is -1.52. The summed E-state index contributed by atoms with van der Waals surface area (Å²) in [5.74, 6) is 0. The van der Waals surface area contributed by atoms with Crippen LogP contribution in [0.3, 0.4) is 0 Å². The predicted octanol–water partition coefficient (Wildman–Crippen LogP) is 3.28. The van der Waals surface area contributed by atoms with Crippen molar-refractivity contribution in [3.05, 3.63) is 48.3 Å². The topological polar surface area (TPSA) is 32.8 Å². The highest BCUT2D eigenvalue weighted by Crippen LogP contribution is 2.18. The number of hydrogen-bond acceptors (Lipinski definition) is 4. The highest BCUT2D eigenvalue weighted by Gasteiger charge is 2.19. The lowest BCUT2D eigenvalue weighted by Crippen LogP contribution is -2.44. The van der Waals surface area contributed by atoms with Crippen LogP contribution in [0, 0.1) is 0 Å². The Balaban J connectivity index is 1.70. The average Bonchev–Trinajstić information content (AvgIpc) is 3.12. The summed E-state index contributed by atoms with van der Waals surface area (Å²) in [6.45, 7) is 4.08. The van der Waals surface area contributed by atoms with Gasteiger partial charge in [-0.3, -0.25) is 0 Å². The summed E-state index contributed by atoms with van der Waals surface area (Å²) in [4.78, 5) is 0. The minimum atomic E-state index is 0.891. The molecule has 3 heterocycles. The molecule has 19 heavy (non-hydrogen) atoms. The van der Waals surface area contributed by atoms with Gasteiger partial charge >= 0.3 is 0 Å². The molecule has 102 valence electrons. The molecule has 2 aromatic heterocycles. The van der Waals surface area contributed by atoms with Crippen LogP contribution in [0.25, 0.3) is 0 Å². The zero-order valence-electron chi connectivity index (χ0n) is 11.1. The van der Waals surface area contributed by atoms with Crippen LogP contribution >= 0.6 is 0 Å². The van der Waals surface area contributed by atoms with Gasteiger partial charge in [-0.15, -0.1) is 0 Å². The Morgan fingerprint density at radius 2 is 1.47 bits per heavy atom. The number of hydrogen-bond donors (Lipinski definition) is 0. The molecule has 1 aliphatic heterocycles. The van der Waals surface area contributed by atoms with Crippen molar-refractivity contribution in [2.75, 3.05) is 13.1 Å². The first-order valence-electron chi connectivity index (χ1n) is 6.94. The molecule has 0 spiro atoms. The lowest BCUT2D eigenvalue weighted by Gasteiger charge is -2.37. The maximum atomic E-state index is 5.17. The number of hydrazine groups is 1. The van der Waals surface area contributed by atoms with Crippen molar-refractivity contribution < 1.29 is 8.83 Å². The van der Waals surface area contributed by atoms with Gasteiger partial charge < -0.3 is 8.83 Å². The normalized spacial score (nSPS) is 17.1. The third kappa shape index (κ3) is 3.28. The lowest BCUT2D eigenvalue weighted by atomic mass is 10.1. The van der Waals surface area contributed by atoms with Gasteiger partial charge in [-0.2, -0.15) is 0 Å². The van der Waals surface area contributed by atoms with E-state index in [1.807, 2.05) is 24.7 Å². The second kappa shape index (κ2) is 6.08. The molecule has 1 fully saturated rings. The fourth-order valence-corrected chi connectivity index (χ4v) is 2.60. The van der Waals surface area contributed by atoms with E-state index in [0.717, 1.165) is 26.2 Å². The van der Waals surface area contributed by atoms with E-state index in [-0.39, 0.29) is 0 Å². The first-order valence-corrected chi connectivity index (χ1v) is 6.94. The molecule has 3 rings (SSSR count). The lowest BCUT2D eigenvalue weighted by molar-refractivity contribution is -0.0546. The van der Waals surface area contributed by atoms with Crippen LogP contribution in [0.1, 0.15) is 30.4 Å². The van der Waals surface area contributed by atoms with Crippen molar-refractivity contribution >= 4 is 0 Å². The van der Waals surface area contributed by atoms with Crippen LogP contribution < -0.4 is 0 Å². The molecular formula is C15H20N2O2. The summed E-state index contributed by atoms with van der Waals surface area (Å²) in [6.07, 6.45) is 11.0. The second-order valence-electron chi connectivity index (χ2n) is 5.10. The molecule has 4 heteroatoms. The predicted molar refractivity (Wildman–Crippen MR) is 72.1 cm³/mol. The van der Waals surface area contributed by atoms with Gasteiger partial charge in [0.15, 0.2) is 0 Å². The molecule has 4 nitrogen and oxygen atoms in total. The third-order valence-electron chi connectivity index (χ3n) is 3.62. The molecule has 0 radical (unpaired) electrons. The Kier molecular flexibility index (Phi) is 4.01. The standard InChI is InChI=1S/C15H20N2O2/c1-2-6-16(7-3-1)17(10-14-4-8-18-12-14)11-15-5-9-19-13-15/h4-5,8-9,12-13H,1-3,6-7,10-11H2. The first-order chi connectivity index (χ1) is 9.42. The molecule has 0 saturated carbocycles. The molecular weight excluding hydrogens is 240 g/mol. The van der Waals surface area contributed by atoms with Crippen LogP contribution in [0.15, 0.2) is 46.0 Å². The fraction of sp³-hybridized carbons (Fsp3) is 0.467. The van der Waals surface area contributed by atoms with E-state index in [9.17, 15) is 0 Å². The van der Waals surface area contributed by atoms with E-state index in [4.69, 9.17) is 8.83 Å². The smallest absolute Gasteiger partial charge is 0.0948 e. The van der Waals surface area contributed by atoms with Crippen LogP contribution in [-0.2, 0) is 13.1 Å². The minimum absolute atomic E-state index is 0.891. The molecule has 0 aromatic carbocycles. The van der Waals surface area contributed by atoms with Gasteiger partial charge in [0.05, 0.1) is 25.1 Å². The third-order valence-corrected chi connectivity index (χ3v) is 3.62. The van der Waals surface area contributed by atoms with Crippen LogP contribution in [-0.4, -0.2) is 23.1 Å². The minimum Gasteiger partial charge on any atom is -0.472 e. The monoisotopic (exact) mass is 260 g/mol. The summed E-state index contributed by atoms with van der Waals surface area (Å²) >= 11 is 0. The summed E-state index contributed by atoms with van der Waals surface area (Å²) in [5.41, 5.74) is 2.43. The van der Waals surface area contributed by atoms with E-state index in [0.29, 0.717) is 0 Å². The Labute approximate surface area is 113 Å². The number of piperidine rings is 1. The summed E-state index contributed by atoms with van der Waals surface area (Å²) in [6, 6.07) is 4.07. The fourth-order valence-electron chi connectivity index (χ4n) is 2.60. The molecule has 1 aliphatic rings. The number of nitrogens with zero attached hydrogens (tertiary/aromatic N) is 2. The van der Waals surface area contributed by atoms with Crippen LogP contribution in [0.4, 0.5) is 0 Å². The van der Waals surface area contributed by atoms with Crippen molar-refractivity contribution in [1.82, 2.24) is 10.0 Å². The second-order valence-corrected chi connectivity index (χ2v) is 5.10. The molecule has 0 amide bonds. The van der Waals surface area contributed by atoms with E-state index in [1.165, 1.54) is 30.4 Å². The van der Waals surface area contributed by atoms with Gasteiger partial charge in [0.1, 0.15) is 0 Å². The molecule has 0 unspecified atom stereocenters. The van der Waals surface area contributed by atoms with E-state index in [1.54, 1.807) is 12.5 Å². The molecule has 2 aromatic rings. The maximum absolute atomic E-state index is 5.17. The quantitative estimate of drug-likeness (QED) is 0.826. The van der Waals surface area contributed by atoms with Gasteiger partial charge in [0.25, 0.3) is 0 Å². The molecule has 1 saturated heterocycles. The molecule has 0 N–H and O–H groups in total. The van der Waals surface area contributed by atoms with Crippen molar-refractivity contribution in [3.63, 3.8) is 0 Å². The van der Waals surface area contributed by atoms with Crippen LogP contribution in [0.5, 0.6) is 0 Å². The van der Waals surface area contributed by atoms with Gasteiger partial charge in [0.2, 0.25) is 0 Å². The van der Waals surface area contributed by atoms with Gasteiger partial charge in [-0.25, -0.2) is 10.0 Å². The average molecular weight is 260 g/mol. The van der Waals surface area contributed by atoms with E-state index < -0.39 is 0 Å². The van der Waals surface area contributed by atoms with Crippen LogP contribution in [0.2, 0.25) is 0 Å². The zero-order chi connectivity index (χ0) is 12.9. The molecule has 0 aliphatic carbocycles. The largest absolute Gasteiger partial charge is 0.472 e. The molecule has 0 atom stereocenters. The Morgan fingerprint density at radius 3 is 1.95 bits per heavy atom. The Bertz CT molecular complexity index is 422. The number of rotatable bonds is 5. The van der Waals surface area contributed by atoms with Crippen molar-refractivity contribution in [2.24, 2.45) is 0 Å². The zero-order valence-corrected chi connectivity index (χ0v) is 11.1.